The minimum atomic E-state index is -3.11. The predicted molar refractivity (Wildman–Crippen MR) is 161 cm³/mol. The second-order valence-corrected chi connectivity index (χ2v) is 12.5. The number of para-hydroxylation sites is 1. The summed E-state index contributed by atoms with van der Waals surface area (Å²) in [5.74, 6) is 0.809. The first-order chi connectivity index (χ1) is 19.2. The highest BCUT2D eigenvalue weighted by Gasteiger charge is 2.43. The molecule has 0 radical (unpaired) electrons. The molecule has 39 heavy (non-hydrogen) atoms. The smallest absolute Gasteiger partial charge is 0.407 e. The fourth-order valence-corrected chi connectivity index (χ4v) is 7.77. The lowest BCUT2D eigenvalue weighted by Gasteiger charge is -2.33. The summed E-state index contributed by atoms with van der Waals surface area (Å²) in [7, 11) is -3.11. The lowest BCUT2D eigenvalue weighted by molar-refractivity contribution is 0.101. The van der Waals surface area contributed by atoms with E-state index in [1.807, 2.05) is 48.5 Å². The maximum Gasteiger partial charge on any atom is 0.407 e. The van der Waals surface area contributed by atoms with Gasteiger partial charge in [0.05, 0.1) is 6.61 Å². The van der Waals surface area contributed by atoms with Crippen molar-refractivity contribution in [1.82, 2.24) is 0 Å². The average Bonchev–Trinajstić information content (AvgIpc) is 3.00. The van der Waals surface area contributed by atoms with E-state index >= 15 is 0 Å². The van der Waals surface area contributed by atoms with Crippen LogP contribution in [0.2, 0.25) is 0 Å². The molecule has 0 spiro atoms. The van der Waals surface area contributed by atoms with Crippen LogP contribution >= 0.6 is 0 Å². The Morgan fingerprint density at radius 3 is 1.64 bits per heavy atom. The lowest BCUT2D eigenvalue weighted by atomic mass is 10.1. The monoisotopic (exact) mass is 530 g/mol. The minimum absolute atomic E-state index is 0.301. The Morgan fingerprint density at radius 2 is 1.08 bits per heavy atom. The van der Waals surface area contributed by atoms with E-state index in [4.69, 9.17) is 13.6 Å². The number of hydrogen-bond donors (Lipinski definition) is 0. The van der Waals surface area contributed by atoms with Crippen LogP contribution in [-0.4, -0.2) is 21.8 Å². The van der Waals surface area contributed by atoms with E-state index in [1.54, 1.807) is 0 Å². The zero-order valence-electron chi connectivity index (χ0n) is 22.3. The quantitative estimate of drug-likeness (QED) is 0.169. The first kappa shape index (κ1) is 26.6. The minimum Gasteiger partial charge on any atom is -0.483 e. The highest BCUT2D eigenvalue weighted by Crippen LogP contribution is 2.24. The number of benzene rings is 5. The summed E-state index contributed by atoms with van der Waals surface area (Å²) in [6, 6.07) is 49.7. The summed E-state index contributed by atoms with van der Waals surface area (Å²) in [4.78, 5) is 0. The molecule has 0 N–H and O–H groups in total. The van der Waals surface area contributed by atoms with Crippen LogP contribution in [0.15, 0.2) is 146 Å². The topological polar surface area (TPSA) is 27.7 Å². The van der Waals surface area contributed by atoms with Gasteiger partial charge in [-0.15, -0.1) is 0 Å². The number of aryl methyl sites for hydroxylation is 1. The number of ether oxygens (including phenoxy) is 1. The van der Waals surface area contributed by atoms with E-state index in [9.17, 15) is 0 Å². The Morgan fingerprint density at radius 1 is 0.564 bits per heavy atom. The maximum absolute atomic E-state index is 7.05. The molecule has 0 bridgehead atoms. The van der Waals surface area contributed by atoms with Gasteiger partial charge in [0.25, 0.3) is 0 Å². The van der Waals surface area contributed by atoms with E-state index in [0.717, 1.165) is 28.1 Å². The van der Waals surface area contributed by atoms with E-state index in [1.165, 1.54) is 11.1 Å². The Labute approximate surface area is 232 Å². The van der Waals surface area contributed by atoms with Crippen LogP contribution in [0.5, 0.6) is 5.75 Å². The van der Waals surface area contributed by atoms with Gasteiger partial charge in [-0.1, -0.05) is 139 Å². The van der Waals surface area contributed by atoms with Gasteiger partial charge in [0.15, 0.2) is 0 Å². The predicted octanol–water partition coefficient (Wildman–Crippen LogP) is 6.65. The summed E-state index contributed by atoms with van der Waals surface area (Å²) in [5, 5.41) is 2.15. The van der Waals surface area contributed by atoms with Crippen LogP contribution in [0.4, 0.5) is 0 Å². The zero-order chi connectivity index (χ0) is 26.8. The standard InChI is InChI=1S/C35H34O3Si/c1-29-22-24-31(25-23-29)35(38-32-16-8-3-9-17-32)28-37-39(33-18-10-4-11-19-33,34-20-12-5-13-21-34)36-27-26-30-14-6-2-7-15-30/h2-25,35H,26-28H2,1H3. The molecule has 1 atom stereocenters. The number of rotatable bonds is 12. The third kappa shape index (κ3) is 6.92. The van der Waals surface area contributed by atoms with Crippen molar-refractivity contribution in [3.05, 3.63) is 162 Å². The van der Waals surface area contributed by atoms with Gasteiger partial charge in [0, 0.05) is 6.61 Å². The molecule has 0 aromatic heterocycles. The first-order valence-electron chi connectivity index (χ1n) is 13.4. The van der Waals surface area contributed by atoms with Crippen molar-refractivity contribution in [3.8, 4) is 5.75 Å². The molecule has 4 heteroatoms. The van der Waals surface area contributed by atoms with Crippen LogP contribution in [0.25, 0.3) is 0 Å². The molecule has 5 rings (SSSR count). The van der Waals surface area contributed by atoms with E-state index in [-0.39, 0.29) is 6.10 Å². The summed E-state index contributed by atoms with van der Waals surface area (Å²) in [6.07, 6.45) is 0.505. The molecule has 0 amide bonds. The largest absolute Gasteiger partial charge is 0.483 e. The highest BCUT2D eigenvalue weighted by atomic mass is 28.4. The molecule has 0 saturated carbocycles. The summed E-state index contributed by atoms with van der Waals surface area (Å²) >= 11 is 0. The maximum atomic E-state index is 7.05. The molecule has 196 valence electrons. The highest BCUT2D eigenvalue weighted by molar-refractivity contribution is 6.92. The Hall–Kier alpha value is -3.96. The fourth-order valence-electron chi connectivity index (χ4n) is 4.65. The molecule has 5 aromatic rings. The molecule has 3 nitrogen and oxygen atoms in total. The molecule has 0 saturated heterocycles. The summed E-state index contributed by atoms with van der Waals surface area (Å²) in [5.41, 5.74) is 3.52. The van der Waals surface area contributed by atoms with Crippen LogP contribution in [0.1, 0.15) is 22.8 Å². The van der Waals surface area contributed by atoms with Crippen molar-refractivity contribution < 1.29 is 13.6 Å². The molecular weight excluding hydrogens is 496 g/mol. The summed E-state index contributed by atoms with van der Waals surface area (Å²) in [6.45, 7) is 2.99. The van der Waals surface area contributed by atoms with Gasteiger partial charge in [-0.2, -0.15) is 0 Å². The molecular formula is C35H34O3Si. The van der Waals surface area contributed by atoms with Crippen molar-refractivity contribution in [3.63, 3.8) is 0 Å². The van der Waals surface area contributed by atoms with Gasteiger partial charge in [-0.25, -0.2) is 0 Å². The van der Waals surface area contributed by atoms with Gasteiger partial charge < -0.3 is 13.6 Å². The second-order valence-electron chi connectivity index (χ2n) is 9.57. The first-order valence-corrected chi connectivity index (χ1v) is 15.3. The molecule has 0 aliphatic heterocycles. The van der Waals surface area contributed by atoms with Crippen molar-refractivity contribution in [2.24, 2.45) is 0 Å². The molecule has 0 aliphatic rings. The van der Waals surface area contributed by atoms with Gasteiger partial charge in [0.1, 0.15) is 11.9 Å². The molecule has 0 heterocycles. The molecule has 5 aromatic carbocycles. The third-order valence-electron chi connectivity index (χ3n) is 6.76. The van der Waals surface area contributed by atoms with E-state index < -0.39 is 8.56 Å². The lowest BCUT2D eigenvalue weighted by Crippen LogP contribution is -2.64. The van der Waals surface area contributed by atoms with Gasteiger partial charge >= 0.3 is 8.56 Å². The summed E-state index contributed by atoms with van der Waals surface area (Å²) < 4.78 is 20.5. The Balaban J connectivity index is 1.49. The van der Waals surface area contributed by atoms with Crippen molar-refractivity contribution in [2.75, 3.05) is 13.2 Å². The molecule has 0 aliphatic carbocycles. The SMILES string of the molecule is Cc1ccc(C(CO[Si](OCCc2ccccc2)(c2ccccc2)c2ccccc2)Oc2ccccc2)cc1. The Kier molecular flexibility index (Phi) is 9.02. The second kappa shape index (κ2) is 13.2. The zero-order valence-corrected chi connectivity index (χ0v) is 23.3. The van der Waals surface area contributed by atoms with Gasteiger partial charge in [0.2, 0.25) is 0 Å². The van der Waals surface area contributed by atoms with Crippen molar-refractivity contribution >= 4 is 18.9 Å². The van der Waals surface area contributed by atoms with Gasteiger partial charge in [-0.3, -0.25) is 0 Å². The van der Waals surface area contributed by atoms with Crippen LogP contribution < -0.4 is 15.1 Å². The number of hydrogen-bond acceptors (Lipinski definition) is 3. The van der Waals surface area contributed by atoms with Crippen molar-refractivity contribution in [2.45, 2.75) is 19.4 Å². The van der Waals surface area contributed by atoms with E-state index in [2.05, 4.69) is 104 Å². The van der Waals surface area contributed by atoms with Crippen LogP contribution in [0, 0.1) is 6.92 Å². The average molecular weight is 531 g/mol. The van der Waals surface area contributed by atoms with Crippen LogP contribution in [-0.2, 0) is 15.3 Å². The van der Waals surface area contributed by atoms with Gasteiger partial charge in [-0.05, 0) is 47.0 Å². The third-order valence-corrected chi connectivity index (χ3v) is 10.1. The molecule has 1 unspecified atom stereocenters. The molecule has 0 fully saturated rings. The normalized spacial score (nSPS) is 12.1. The van der Waals surface area contributed by atoms with Crippen LogP contribution in [0.3, 0.4) is 0 Å². The Bertz CT molecular complexity index is 1350. The van der Waals surface area contributed by atoms with E-state index in [0.29, 0.717) is 13.2 Å². The van der Waals surface area contributed by atoms with Crippen molar-refractivity contribution in [1.29, 1.82) is 0 Å². The fraction of sp³-hybridized carbons (Fsp3) is 0.143.